The molecule has 0 spiro atoms. The Hall–Kier alpha value is -6.12. The first kappa shape index (κ1) is 41.1. The summed E-state index contributed by atoms with van der Waals surface area (Å²) >= 11 is 0. The minimum absolute atomic E-state index is 0.116. The first-order valence-corrected chi connectivity index (χ1v) is 20.4. The summed E-state index contributed by atoms with van der Waals surface area (Å²) in [5.41, 5.74) is 9.09. The summed E-state index contributed by atoms with van der Waals surface area (Å²) in [7, 11) is 2.57. The number of amides is 4. The molecule has 59 heavy (non-hydrogen) atoms. The fraction of sp³-hybridized carbons (Fsp3) is 0.455. The normalized spacial score (nSPS) is 16.2. The lowest BCUT2D eigenvalue weighted by Gasteiger charge is -2.30. The third kappa shape index (κ3) is 8.41. The Morgan fingerprint density at radius 1 is 0.966 bits per heavy atom. The van der Waals surface area contributed by atoms with Crippen LogP contribution in [0, 0.1) is 11.8 Å². The zero-order chi connectivity index (χ0) is 42.0. The molecular formula is C44H54N8O7. The molecule has 0 radical (unpaired) electrons. The minimum atomic E-state index is -0.751. The summed E-state index contributed by atoms with van der Waals surface area (Å²) in [4.78, 5) is 71.7. The second-order valence-corrected chi connectivity index (χ2v) is 16.1. The monoisotopic (exact) mass is 806 g/mol. The number of hydrogen-bond acceptors (Lipinski definition) is 9. The molecule has 4 N–H and O–H groups in total. The van der Waals surface area contributed by atoms with E-state index < -0.39 is 24.3 Å². The van der Waals surface area contributed by atoms with Crippen molar-refractivity contribution >= 4 is 24.0 Å². The van der Waals surface area contributed by atoms with Crippen molar-refractivity contribution < 1.29 is 33.4 Å². The maximum atomic E-state index is 13.7. The number of likely N-dealkylation sites (tertiary alicyclic amines) is 1. The predicted octanol–water partition coefficient (Wildman–Crippen LogP) is 6.45. The number of alkyl carbamates (subject to hydrolysis) is 2. The summed E-state index contributed by atoms with van der Waals surface area (Å²) in [6.45, 7) is 13.1. The van der Waals surface area contributed by atoms with E-state index in [-0.39, 0.29) is 36.2 Å². The van der Waals surface area contributed by atoms with Crippen molar-refractivity contribution in [2.24, 2.45) is 11.8 Å². The van der Waals surface area contributed by atoms with E-state index in [1.165, 1.54) is 19.8 Å². The zero-order valence-corrected chi connectivity index (χ0v) is 34.6. The van der Waals surface area contributed by atoms with Crippen LogP contribution in [-0.2, 0) is 45.1 Å². The van der Waals surface area contributed by atoms with E-state index in [9.17, 15) is 19.2 Å². The van der Waals surface area contributed by atoms with Gasteiger partial charge >= 0.3 is 12.2 Å². The molecule has 4 amide bonds. The number of carbonyl (C=O) groups is 4. The van der Waals surface area contributed by atoms with Gasteiger partial charge in [0.25, 0.3) is 0 Å². The molecule has 0 bridgehead atoms. The van der Waals surface area contributed by atoms with Gasteiger partial charge in [0.15, 0.2) is 0 Å². The molecule has 0 saturated carbocycles. The maximum absolute atomic E-state index is 13.7. The van der Waals surface area contributed by atoms with Crippen LogP contribution in [0.2, 0.25) is 0 Å². The summed E-state index contributed by atoms with van der Waals surface area (Å²) in [6, 6.07) is 8.98. The topological polar surface area (TPSA) is 184 Å². The Balaban J connectivity index is 1.09. The number of carbonyl (C=O) groups excluding carboxylic acids is 4. The van der Waals surface area contributed by atoms with Crippen LogP contribution in [0.25, 0.3) is 33.6 Å². The third-order valence-electron chi connectivity index (χ3n) is 11.5. The number of methoxy groups -OCH3 is 2. The number of aryl methyl sites for hydroxylation is 2. The highest BCUT2D eigenvalue weighted by Gasteiger charge is 2.38. The van der Waals surface area contributed by atoms with Crippen molar-refractivity contribution in [3.05, 3.63) is 77.7 Å². The van der Waals surface area contributed by atoms with Crippen molar-refractivity contribution in [2.75, 3.05) is 27.3 Å². The second kappa shape index (κ2) is 17.4. The van der Waals surface area contributed by atoms with E-state index >= 15 is 0 Å². The quantitative estimate of drug-likeness (QED) is 0.110. The van der Waals surface area contributed by atoms with Crippen LogP contribution in [0.15, 0.2) is 49.2 Å². The molecule has 312 valence electrons. The van der Waals surface area contributed by atoms with Crippen molar-refractivity contribution in [3.63, 3.8) is 0 Å². The molecule has 0 unspecified atom stereocenters. The Morgan fingerprint density at radius 2 is 1.71 bits per heavy atom. The first-order chi connectivity index (χ1) is 28.4. The van der Waals surface area contributed by atoms with Gasteiger partial charge in [-0.1, -0.05) is 45.9 Å². The number of benzene rings is 2. The van der Waals surface area contributed by atoms with Crippen molar-refractivity contribution in [1.29, 1.82) is 0 Å². The van der Waals surface area contributed by atoms with E-state index in [2.05, 4.69) is 57.5 Å². The predicted molar refractivity (Wildman–Crippen MR) is 221 cm³/mol. The van der Waals surface area contributed by atoms with Gasteiger partial charge in [-0.05, 0) is 84.4 Å². The molecule has 7 rings (SSSR count). The summed E-state index contributed by atoms with van der Waals surface area (Å²) in [5, 5.41) is 5.40. The highest BCUT2D eigenvalue weighted by Crippen LogP contribution is 2.45. The number of aromatic nitrogens is 4. The lowest BCUT2D eigenvalue weighted by molar-refractivity contribution is -0.136. The Morgan fingerprint density at radius 3 is 2.42 bits per heavy atom. The Kier molecular flexibility index (Phi) is 12.1. The zero-order valence-electron chi connectivity index (χ0n) is 34.6. The van der Waals surface area contributed by atoms with Crippen LogP contribution in [0.4, 0.5) is 9.59 Å². The second-order valence-electron chi connectivity index (χ2n) is 16.1. The van der Waals surface area contributed by atoms with Crippen LogP contribution >= 0.6 is 0 Å². The molecule has 15 nitrogen and oxygen atoms in total. The highest BCUT2D eigenvalue weighted by atomic mass is 16.5. The number of nitrogens with zero attached hydrogens (tertiary/aromatic N) is 4. The van der Waals surface area contributed by atoms with Crippen LogP contribution < -0.4 is 15.4 Å². The molecule has 3 atom stereocenters. The molecule has 1 saturated heterocycles. The molecule has 2 aromatic heterocycles. The molecule has 2 aliphatic heterocycles. The first-order valence-electron chi connectivity index (χ1n) is 20.4. The standard InChI is InChI=1S/C44H54N8O7/c1-8-9-16-51(41(53)37(24(2)3)49-43(55)57-6)22-36-46-32-15-13-26-19-31-29-14-12-27(18-28(29)23-59-35(31)20-30(26)39(32)48-36)33-21-45-40(47-33)34-11-10-17-52(34)42(54)38(25(4)5)50-44(56)58-7/h8,12,14,18-21,24-25,34,37-38H,1,9-11,13,15-17,22-23H2,2-7H3,(H,45,47)(H,46,48)(H,49,55)(H,50,56)/t34-,37-,38-/m0/s1. The van der Waals surface area contributed by atoms with Gasteiger partial charge in [-0.2, -0.15) is 0 Å². The van der Waals surface area contributed by atoms with Gasteiger partial charge in [0.05, 0.1) is 50.1 Å². The lowest BCUT2D eigenvalue weighted by Crippen LogP contribution is -2.51. The smallest absolute Gasteiger partial charge is 0.407 e. The SMILES string of the molecule is C=CCCN(Cc1nc2c([nH]1)-c1cc3c(cc1CC2)-c1ccc(-c2cnc([C@@H]4CCCN4C(=O)[C@@H](NC(=O)OC)C(C)C)[nH]2)cc1CO3)C(=O)[C@@H](NC(=O)OC)C(C)C. The van der Waals surface area contributed by atoms with Crippen LogP contribution in [0.3, 0.4) is 0 Å². The van der Waals surface area contributed by atoms with Gasteiger partial charge in [0, 0.05) is 24.2 Å². The largest absolute Gasteiger partial charge is 0.488 e. The number of hydrogen-bond donors (Lipinski definition) is 4. The lowest BCUT2D eigenvalue weighted by atomic mass is 9.86. The van der Waals surface area contributed by atoms with Gasteiger partial charge in [0.2, 0.25) is 11.8 Å². The molecule has 2 aromatic carbocycles. The van der Waals surface area contributed by atoms with Gasteiger partial charge < -0.3 is 44.6 Å². The van der Waals surface area contributed by atoms with Crippen LogP contribution in [0.1, 0.15) is 81.5 Å². The molecule has 1 aliphatic carbocycles. The molecule has 4 heterocycles. The third-order valence-corrected chi connectivity index (χ3v) is 11.5. The number of aromatic amines is 2. The van der Waals surface area contributed by atoms with Crippen molar-refractivity contribution in [1.82, 2.24) is 40.4 Å². The van der Waals surface area contributed by atoms with E-state index in [0.29, 0.717) is 37.8 Å². The Bertz CT molecular complexity index is 2240. The van der Waals surface area contributed by atoms with E-state index in [1.54, 1.807) is 11.0 Å². The number of rotatable bonds is 13. The van der Waals surface area contributed by atoms with E-state index in [1.807, 2.05) is 38.8 Å². The fourth-order valence-corrected chi connectivity index (χ4v) is 8.32. The number of H-pyrrole nitrogens is 2. The van der Waals surface area contributed by atoms with Gasteiger partial charge in [-0.3, -0.25) is 9.59 Å². The molecule has 4 aromatic rings. The highest BCUT2D eigenvalue weighted by molar-refractivity contribution is 5.87. The number of ether oxygens (including phenoxy) is 3. The summed E-state index contributed by atoms with van der Waals surface area (Å²) < 4.78 is 16.0. The van der Waals surface area contributed by atoms with Crippen LogP contribution in [-0.4, -0.2) is 93.1 Å². The fourth-order valence-electron chi connectivity index (χ4n) is 8.32. The van der Waals surface area contributed by atoms with E-state index in [4.69, 9.17) is 24.2 Å². The van der Waals surface area contributed by atoms with Gasteiger partial charge in [0.1, 0.15) is 36.1 Å². The minimum Gasteiger partial charge on any atom is -0.488 e. The summed E-state index contributed by atoms with van der Waals surface area (Å²) in [6.07, 6.45) is 6.04. The molecule has 1 fully saturated rings. The van der Waals surface area contributed by atoms with Gasteiger partial charge in [-0.15, -0.1) is 6.58 Å². The number of fused-ring (bicyclic) bond motifs is 6. The Labute approximate surface area is 344 Å². The number of imidazole rings is 2. The van der Waals surface area contributed by atoms with Crippen molar-refractivity contribution in [2.45, 2.75) is 91.1 Å². The summed E-state index contributed by atoms with van der Waals surface area (Å²) in [5.74, 6) is 1.55. The van der Waals surface area contributed by atoms with E-state index in [0.717, 1.165) is 76.3 Å². The molecular weight excluding hydrogens is 753 g/mol. The average molecular weight is 807 g/mol. The van der Waals surface area contributed by atoms with Crippen LogP contribution in [0.5, 0.6) is 5.75 Å². The van der Waals surface area contributed by atoms with Crippen molar-refractivity contribution in [3.8, 4) is 39.4 Å². The molecule has 3 aliphatic rings. The van der Waals surface area contributed by atoms with Gasteiger partial charge in [-0.25, -0.2) is 19.6 Å². The average Bonchev–Trinajstić information content (AvgIpc) is 4.02. The maximum Gasteiger partial charge on any atom is 0.407 e. The number of nitrogens with one attached hydrogen (secondary N) is 4. The molecule has 15 heteroatoms.